The molecule has 0 aromatic rings. The molecule has 1 amide bonds. The topological polar surface area (TPSA) is 95.2 Å². The Morgan fingerprint density at radius 2 is 1.96 bits per heavy atom. The molecule has 164 valence electrons. The van der Waals surface area contributed by atoms with Gasteiger partial charge < -0.3 is 30.9 Å². The van der Waals surface area contributed by atoms with Gasteiger partial charge in [0.25, 0.3) is 0 Å². The molecular weight excluding hydrogens is 356 g/mol. The second kappa shape index (κ2) is 15.5. The van der Waals surface area contributed by atoms with Gasteiger partial charge in [0.1, 0.15) is 0 Å². The van der Waals surface area contributed by atoms with E-state index in [1.807, 2.05) is 0 Å². The molecule has 0 aromatic heterocycles. The maximum atomic E-state index is 11.2. The number of carbonyl (C=O) groups excluding carboxylic acids is 1. The molecule has 1 aliphatic rings. The van der Waals surface area contributed by atoms with E-state index in [-0.39, 0.29) is 11.8 Å². The number of carbonyl (C=O) groups is 1. The zero-order valence-electron chi connectivity index (χ0n) is 18.2. The zero-order valence-corrected chi connectivity index (χ0v) is 18.2. The third-order valence-electron chi connectivity index (χ3n) is 5.16. The van der Waals surface area contributed by atoms with E-state index in [1.165, 1.54) is 0 Å². The predicted octanol–water partition coefficient (Wildman–Crippen LogP) is 0.487. The van der Waals surface area contributed by atoms with Crippen molar-refractivity contribution < 1.29 is 9.53 Å². The Bertz CT molecular complexity index is 438. The van der Waals surface area contributed by atoms with Gasteiger partial charge in [0.2, 0.25) is 5.91 Å². The number of hydrogen-bond acceptors (Lipinski definition) is 5. The van der Waals surface area contributed by atoms with Crippen LogP contribution >= 0.6 is 0 Å². The molecular formula is C20H42N6O2. The maximum absolute atomic E-state index is 11.2. The summed E-state index contributed by atoms with van der Waals surface area (Å²) in [7, 11) is 3.88. The number of nitrogens with two attached hydrogens (primary N) is 1. The number of amides is 1. The first kappa shape index (κ1) is 24.7. The van der Waals surface area contributed by atoms with Crippen molar-refractivity contribution in [3.63, 3.8) is 0 Å². The normalized spacial score (nSPS) is 16.5. The van der Waals surface area contributed by atoms with E-state index in [9.17, 15) is 4.79 Å². The third kappa shape index (κ3) is 11.5. The number of aliphatic imine (C=N–C) groups is 1. The van der Waals surface area contributed by atoms with Crippen LogP contribution in [-0.4, -0.2) is 94.8 Å². The van der Waals surface area contributed by atoms with Crippen molar-refractivity contribution in [2.45, 2.75) is 39.0 Å². The molecule has 0 atom stereocenters. The minimum absolute atomic E-state index is 0.0774. The van der Waals surface area contributed by atoms with E-state index in [0.717, 1.165) is 97.0 Å². The number of likely N-dealkylation sites (N-methyl/N-ethyl adjacent to an activating group) is 1. The van der Waals surface area contributed by atoms with Crippen LogP contribution in [0.25, 0.3) is 0 Å². The second-order valence-corrected chi connectivity index (χ2v) is 7.56. The number of methoxy groups -OCH3 is 1. The van der Waals surface area contributed by atoms with E-state index >= 15 is 0 Å². The number of piperidine rings is 1. The maximum Gasteiger partial charge on any atom is 0.220 e. The molecule has 1 aliphatic heterocycles. The van der Waals surface area contributed by atoms with E-state index in [2.05, 4.69) is 39.4 Å². The fourth-order valence-corrected chi connectivity index (χ4v) is 3.38. The molecule has 1 heterocycles. The highest BCUT2D eigenvalue weighted by molar-refractivity contribution is 5.79. The van der Waals surface area contributed by atoms with Gasteiger partial charge in [-0.2, -0.15) is 0 Å². The fraction of sp³-hybridized carbons (Fsp3) is 0.900. The van der Waals surface area contributed by atoms with Gasteiger partial charge in [-0.05, 0) is 65.7 Å². The van der Waals surface area contributed by atoms with Gasteiger partial charge >= 0.3 is 0 Å². The SMILES string of the molecule is CCNC(=NCCCCN1CCC(C(N)=O)CC1)NCCN(C)CCCOC. The summed E-state index contributed by atoms with van der Waals surface area (Å²) >= 11 is 0. The summed E-state index contributed by atoms with van der Waals surface area (Å²) in [5.41, 5.74) is 5.39. The molecule has 0 aromatic carbocycles. The smallest absolute Gasteiger partial charge is 0.220 e. The largest absolute Gasteiger partial charge is 0.385 e. The van der Waals surface area contributed by atoms with Crippen molar-refractivity contribution in [2.24, 2.45) is 16.6 Å². The molecule has 0 bridgehead atoms. The quantitative estimate of drug-likeness (QED) is 0.224. The van der Waals surface area contributed by atoms with Crippen molar-refractivity contribution in [2.75, 3.05) is 73.1 Å². The van der Waals surface area contributed by atoms with Crippen LogP contribution in [0.3, 0.4) is 0 Å². The molecule has 0 aliphatic carbocycles. The van der Waals surface area contributed by atoms with Gasteiger partial charge in [0.05, 0.1) is 0 Å². The average molecular weight is 399 g/mol. The van der Waals surface area contributed by atoms with Crippen LogP contribution in [0, 0.1) is 5.92 Å². The first-order valence-electron chi connectivity index (χ1n) is 10.8. The molecule has 0 spiro atoms. The van der Waals surface area contributed by atoms with Crippen molar-refractivity contribution >= 4 is 11.9 Å². The van der Waals surface area contributed by atoms with Gasteiger partial charge in [-0.25, -0.2) is 0 Å². The van der Waals surface area contributed by atoms with Crippen LogP contribution in [-0.2, 0) is 9.53 Å². The number of hydrogen-bond donors (Lipinski definition) is 3. The average Bonchev–Trinajstić information content (AvgIpc) is 2.68. The predicted molar refractivity (Wildman–Crippen MR) is 116 cm³/mol. The molecule has 0 unspecified atom stereocenters. The number of guanidine groups is 1. The summed E-state index contributed by atoms with van der Waals surface area (Å²) in [6.07, 6.45) is 5.07. The Labute approximate surface area is 171 Å². The van der Waals surface area contributed by atoms with E-state index < -0.39 is 0 Å². The lowest BCUT2D eigenvalue weighted by Gasteiger charge is -2.30. The number of rotatable bonds is 14. The second-order valence-electron chi connectivity index (χ2n) is 7.56. The first-order valence-corrected chi connectivity index (χ1v) is 10.8. The summed E-state index contributed by atoms with van der Waals surface area (Å²) in [6.45, 7) is 10.5. The van der Waals surface area contributed by atoms with Gasteiger partial charge in [-0.1, -0.05) is 0 Å². The molecule has 1 rings (SSSR count). The van der Waals surface area contributed by atoms with Crippen molar-refractivity contribution in [3.05, 3.63) is 0 Å². The summed E-state index contributed by atoms with van der Waals surface area (Å²) in [4.78, 5) is 20.6. The Kier molecular flexibility index (Phi) is 13.7. The van der Waals surface area contributed by atoms with Crippen molar-refractivity contribution in [1.29, 1.82) is 0 Å². The summed E-state index contributed by atoms with van der Waals surface area (Å²) in [5.74, 6) is 0.835. The van der Waals surface area contributed by atoms with Crippen LogP contribution < -0.4 is 16.4 Å². The molecule has 1 fully saturated rings. The minimum Gasteiger partial charge on any atom is -0.385 e. The van der Waals surface area contributed by atoms with Crippen LogP contribution in [0.1, 0.15) is 39.0 Å². The molecule has 8 nitrogen and oxygen atoms in total. The number of unbranched alkanes of at least 4 members (excludes halogenated alkanes) is 1. The number of nitrogens with zero attached hydrogens (tertiary/aromatic N) is 3. The number of primary amides is 1. The highest BCUT2D eigenvalue weighted by atomic mass is 16.5. The summed E-state index contributed by atoms with van der Waals surface area (Å²) in [6, 6.07) is 0. The van der Waals surface area contributed by atoms with Gasteiger partial charge in [-0.3, -0.25) is 9.79 Å². The Morgan fingerprint density at radius 1 is 1.21 bits per heavy atom. The highest BCUT2D eigenvalue weighted by Gasteiger charge is 2.22. The molecule has 1 saturated heterocycles. The Balaban J connectivity index is 2.14. The van der Waals surface area contributed by atoms with Crippen molar-refractivity contribution in [1.82, 2.24) is 20.4 Å². The molecule has 4 N–H and O–H groups in total. The monoisotopic (exact) mass is 398 g/mol. The lowest BCUT2D eigenvalue weighted by atomic mass is 9.96. The van der Waals surface area contributed by atoms with Crippen LogP contribution in [0.4, 0.5) is 0 Å². The van der Waals surface area contributed by atoms with E-state index in [4.69, 9.17) is 10.5 Å². The number of ether oxygens (including phenoxy) is 1. The standard InChI is InChI=1S/C20H42N6O2/c1-4-22-20(24-11-16-25(2)12-7-17-28-3)23-10-5-6-13-26-14-8-18(9-15-26)19(21)27/h18H,4-17H2,1-3H3,(H2,21,27)(H2,22,23,24). The van der Waals surface area contributed by atoms with E-state index in [0.29, 0.717) is 0 Å². The fourth-order valence-electron chi connectivity index (χ4n) is 3.38. The Morgan fingerprint density at radius 3 is 2.61 bits per heavy atom. The zero-order chi connectivity index (χ0) is 20.6. The van der Waals surface area contributed by atoms with Crippen LogP contribution in [0.2, 0.25) is 0 Å². The highest BCUT2D eigenvalue weighted by Crippen LogP contribution is 2.16. The van der Waals surface area contributed by atoms with Gasteiger partial charge in [0, 0.05) is 52.4 Å². The molecule has 8 heteroatoms. The van der Waals surface area contributed by atoms with Gasteiger partial charge in [0.15, 0.2) is 5.96 Å². The molecule has 28 heavy (non-hydrogen) atoms. The summed E-state index contributed by atoms with van der Waals surface area (Å²) < 4.78 is 5.09. The number of nitrogens with one attached hydrogen (secondary N) is 2. The first-order chi connectivity index (χ1) is 13.6. The molecule has 0 radical (unpaired) electrons. The van der Waals surface area contributed by atoms with E-state index in [1.54, 1.807) is 7.11 Å². The van der Waals surface area contributed by atoms with Crippen LogP contribution in [0.15, 0.2) is 4.99 Å². The minimum atomic E-state index is -0.140. The molecule has 0 saturated carbocycles. The van der Waals surface area contributed by atoms with Crippen molar-refractivity contribution in [3.8, 4) is 0 Å². The number of likely N-dealkylation sites (tertiary alicyclic amines) is 1. The lowest BCUT2D eigenvalue weighted by Crippen LogP contribution is -2.41. The summed E-state index contributed by atoms with van der Waals surface area (Å²) in [5, 5.41) is 6.72. The van der Waals surface area contributed by atoms with Gasteiger partial charge in [-0.15, -0.1) is 0 Å². The third-order valence-corrected chi connectivity index (χ3v) is 5.16. The lowest BCUT2D eigenvalue weighted by molar-refractivity contribution is -0.123. The van der Waals surface area contributed by atoms with Crippen LogP contribution in [0.5, 0.6) is 0 Å². The Hall–Kier alpha value is -1.38.